The van der Waals surface area contributed by atoms with E-state index in [9.17, 15) is 4.79 Å². The van der Waals surface area contributed by atoms with Crippen LogP contribution in [-0.4, -0.2) is 28.9 Å². The van der Waals surface area contributed by atoms with Crippen LogP contribution in [0.4, 0.5) is 0 Å². The zero-order chi connectivity index (χ0) is 7.56. The molecule has 0 bridgehead atoms. The van der Waals surface area contributed by atoms with Gasteiger partial charge in [0.15, 0.2) is 0 Å². The molecule has 1 aliphatic rings. The Morgan fingerprint density at radius 3 is 2.90 bits per heavy atom. The average Bonchev–Trinajstić information content (AvgIpc) is 2.13. The molecular weight excluding hydrogens is 198 g/mol. The van der Waals surface area contributed by atoms with Gasteiger partial charge in [-0.15, -0.1) is 5.06 Å². The van der Waals surface area contributed by atoms with Crippen LogP contribution in [0.25, 0.3) is 0 Å². The van der Waals surface area contributed by atoms with Gasteiger partial charge in [-0.3, -0.25) is 4.79 Å². The maximum absolute atomic E-state index is 10.4. The van der Waals surface area contributed by atoms with Crippen molar-refractivity contribution in [2.24, 2.45) is 0 Å². The second-order valence-corrected chi connectivity index (χ2v) is 3.65. The Labute approximate surface area is 68.4 Å². The van der Waals surface area contributed by atoms with E-state index < -0.39 is 0 Å². The molecule has 0 saturated carbocycles. The first-order valence-corrected chi connectivity index (χ1v) is 4.17. The van der Waals surface area contributed by atoms with E-state index in [0.29, 0.717) is 4.83 Å². The summed E-state index contributed by atoms with van der Waals surface area (Å²) in [5.74, 6) is -0.235. The minimum absolute atomic E-state index is 0.235. The normalized spacial score (nSPS) is 26.8. The third kappa shape index (κ3) is 2.27. The van der Waals surface area contributed by atoms with E-state index in [1.165, 1.54) is 6.92 Å². The summed E-state index contributed by atoms with van der Waals surface area (Å²) in [4.78, 5) is 15.8. The molecule has 0 radical (unpaired) electrons. The van der Waals surface area contributed by atoms with Crippen LogP contribution >= 0.6 is 15.9 Å². The number of alkyl halides is 1. The van der Waals surface area contributed by atoms with Gasteiger partial charge in [0.2, 0.25) is 0 Å². The van der Waals surface area contributed by atoms with Crippen molar-refractivity contribution in [1.29, 1.82) is 0 Å². The van der Waals surface area contributed by atoms with E-state index in [1.54, 1.807) is 5.06 Å². The molecule has 0 N–H and O–H groups in total. The van der Waals surface area contributed by atoms with Gasteiger partial charge in [-0.25, -0.2) is 0 Å². The SMILES string of the molecule is CC(=O)ON1CCC(Br)C1. The zero-order valence-corrected chi connectivity index (χ0v) is 7.43. The lowest BCUT2D eigenvalue weighted by molar-refractivity contribution is -0.182. The zero-order valence-electron chi connectivity index (χ0n) is 5.84. The van der Waals surface area contributed by atoms with Crippen molar-refractivity contribution in [2.75, 3.05) is 13.1 Å². The predicted molar refractivity (Wildman–Crippen MR) is 40.7 cm³/mol. The largest absolute Gasteiger partial charge is 0.368 e. The molecule has 1 unspecified atom stereocenters. The third-order valence-electron chi connectivity index (χ3n) is 1.35. The van der Waals surface area contributed by atoms with Crippen LogP contribution in [0.2, 0.25) is 0 Å². The van der Waals surface area contributed by atoms with E-state index >= 15 is 0 Å². The number of rotatable bonds is 1. The molecule has 0 aromatic heterocycles. The van der Waals surface area contributed by atoms with Crippen molar-refractivity contribution in [2.45, 2.75) is 18.2 Å². The first-order valence-electron chi connectivity index (χ1n) is 3.26. The predicted octanol–water partition coefficient (Wildman–Crippen LogP) is 0.934. The van der Waals surface area contributed by atoms with Gasteiger partial charge in [0.25, 0.3) is 0 Å². The molecule has 1 aliphatic heterocycles. The third-order valence-corrected chi connectivity index (χ3v) is 2.10. The van der Waals surface area contributed by atoms with Gasteiger partial charge < -0.3 is 4.84 Å². The molecule has 0 aliphatic carbocycles. The molecule has 0 aromatic carbocycles. The van der Waals surface area contributed by atoms with E-state index in [4.69, 9.17) is 4.84 Å². The molecule has 0 amide bonds. The van der Waals surface area contributed by atoms with E-state index in [-0.39, 0.29) is 5.97 Å². The minimum Gasteiger partial charge on any atom is -0.368 e. The van der Waals surface area contributed by atoms with E-state index in [2.05, 4.69) is 15.9 Å². The minimum atomic E-state index is -0.235. The maximum atomic E-state index is 10.4. The molecule has 1 saturated heterocycles. The lowest BCUT2D eigenvalue weighted by atomic mass is 10.4. The fraction of sp³-hybridized carbons (Fsp3) is 0.833. The highest BCUT2D eigenvalue weighted by Crippen LogP contribution is 2.16. The van der Waals surface area contributed by atoms with Crippen LogP contribution in [0.1, 0.15) is 13.3 Å². The second kappa shape index (κ2) is 3.34. The number of hydrogen-bond acceptors (Lipinski definition) is 3. The summed E-state index contributed by atoms with van der Waals surface area (Å²) in [6.07, 6.45) is 1.05. The Morgan fingerprint density at radius 1 is 1.80 bits per heavy atom. The highest BCUT2D eigenvalue weighted by atomic mass is 79.9. The van der Waals surface area contributed by atoms with Gasteiger partial charge >= 0.3 is 5.97 Å². The summed E-state index contributed by atoms with van der Waals surface area (Å²) in [5.41, 5.74) is 0. The molecular formula is C6H10BrNO2. The number of hydrogen-bond donors (Lipinski definition) is 0. The van der Waals surface area contributed by atoms with Crippen molar-refractivity contribution in [3.8, 4) is 0 Å². The lowest BCUT2D eigenvalue weighted by Gasteiger charge is -2.11. The Hall–Kier alpha value is -0.0900. The summed E-state index contributed by atoms with van der Waals surface area (Å²) < 4.78 is 0. The van der Waals surface area contributed by atoms with Crippen LogP contribution in [-0.2, 0) is 9.63 Å². The van der Waals surface area contributed by atoms with Crippen LogP contribution in [0.15, 0.2) is 0 Å². The number of halogens is 1. The highest BCUT2D eigenvalue weighted by Gasteiger charge is 2.21. The van der Waals surface area contributed by atoms with Crippen LogP contribution < -0.4 is 0 Å². The molecule has 1 fully saturated rings. The molecule has 0 aromatic rings. The van der Waals surface area contributed by atoms with E-state index in [0.717, 1.165) is 19.5 Å². The number of hydroxylamine groups is 2. The van der Waals surface area contributed by atoms with Crippen LogP contribution in [0.3, 0.4) is 0 Å². The first kappa shape index (κ1) is 8.01. The molecule has 1 rings (SSSR count). The molecule has 1 atom stereocenters. The fourth-order valence-electron chi connectivity index (χ4n) is 0.952. The van der Waals surface area contributed by atoms with Crippen molar-refractivity contribution >= 4 is 21.9 Å². The van der Waals surface area contributed by atoms with Crippen LogP contribution in [0, 0.1) is 0 Å². The Morgan fingerprint density at radius 2 is 2.50 bits per heavy atom. The van der Waals surface area contributed by atoms with Gasteiger partial charge in [0, 0.05) is 24.8 Å². The van der Waals surface area contributed by atoms with Crippen molar-refractivity contribution in [1.82, 2.24) is 5.06 Å². The van der Waals surface area contributed by atoms with Crippen molar-refractivity contribution in [3.63, 3.8) is 0 Å². The molecule has 4 heteroatoms. The van der Waals surface area contributed by atoms with Crippen molar-refractivity contribution < 1.29 is 9.63 Å². The average molecular weight is 208 g/mol. The second-order valence-electron chi connectivity index (χ2n) is 2.36. The molecule has 3 nitrogen and oxygen atoms in total. The quantitative estimate of drug-likeness (QED) is 0.600. The number of carbonyl (C=O) groups excluding carboxylic acids is 1. The fourth-order valence-corrected chi connectivity index (χ4v) is 1.48. The highest BCUT2D eigenvalue weighted by molar-refractivity contribution is 9.09. The lowest BCUT2D eigenvalue weighted by Crippen LogP contribution is -2.23. The van der Waals surface area contributed by atoms with Gasteiger partial charge in [-0.1, -0.05) is 15.9 Å². The topological polar surface area (TPSA) is 29.5 Å². The smallest absolute Gasteiger partial charge is 0.322 e. The monoisotopic (exact) mass is 207 g/mol. The summed E-state index contributed by atoms with van der Waals surface area (Å²) in [5, 5.41) is 1.68. The first-order chi connectivity index (χ1) is 4.68. The summed E-state index contributed by atoms with van der Waals surface area (Å²) in [7, 11) is 0. The Kier molecular flexibility index (Phi) is 2.68. The molecule has 58 valence electrons. The summed E-state index contributed by atoms with van der Waals surface area (Å²) in [6, 6.07) is 0. The van der Waals surface area contributed by atoms with Gasteiger partial charge in [-0.2, -0.15) is 0 Å². The molecule has 0 spiro atoms. The Balaban J connectivity index is 2.24. The van der Waals surface area contributed by atoms with E-state index in [1.807, 2.05) is 0 Å². The van der Waals surface area contributed by atoms with Gasteiger partial charge in [-0.05, 0) is 6.42 Å². The van der Waals surface area contributed by atoms with Crippen molar-refractivity contribution in [3.05, 3.63) is 0 Å². The molecule has 10 heavy (non-hydrogen) atoms. The Bertz CT molecular complexity index is 140. The van der Waals surface area contributed by atoms with Gasteiger partial charge in [0.1, 0.15) is 0 Å². The maximum Gasteiger partial charge on any atom is 0.322 e. The molecule has 1 heterocycles. The number of nitrogens with zero attached hydrogens (tertiary/aromatic N) is 1. The van der Waals surface area contributed by atoms with Crippen LogP contribution in [0.5, 0.6) is 0 Å². The van der Waals surface area contributed by atoms with Gasteiger partial charge in [0.05, 0.1) is 0 Å². The number of carbonyl (C=O) groups is 1. The standard InChI is InChI=1S/C6H10BrNO2/c1-5(9)10-8-3-2-6(7)4-8/h6H,2-4H2,1H3. The summed E-state index contributed by atoms with van der Waals surface area (Å²) in [6.45, 7) is 3.07. The summed E-state index contributed by atoms with van der Waals surface area (Å²) >= 11 is 3.44.